The maximum atomic E-state index is 4.63. The zero-order chi connectivity index (χ0) is 45.2. The Balaban J connectivity index is 1.28. The molecule has 0 aliphatic carbocycles. The molecule has 0 spiro atoms. The van der Waals surface area contributed by atoms with Crippen molar-refractivity contribution < 1.29 is 0 Å². The molecule has 0 aliphatic heterocycles. The summed E-state index contributed by atoms with van der Waals surface area (Å²) >= 11 is 0. The van der Waals surface area contributed by atoms with Gasteiger partial charge in [-0.1, -0.05) is 24.3 Å². The molecule has 4 aromatic carbocycles. The van der Waals surface area contributed by atoms with Gasteiger partial charge in [0.25, 0.3) is 0 Å². The fourth-order valence-electron chi connectivity index (χ4n) is 9.26. The molecular weight excluding hydrogens is 841 g/mol. The first-order valence-corrected chi connectivity index (χ1v) is 22.0. The third-order valence-electron chi connectivity index (χ3n) is 12.0. The molecule has 12 rings (SSSR count). The molecule has 0 saturated heterocycles. The number of pyridine rings is 8. The van der Waals surface area contributed by atoms with E-state index in [-0.39, 0.29) is 0 Å². The van der Waals surface area contributed by atoms with Crippen molar-refractivity contribution in [1.82, 2.24) is 39.9 Å². The second kappa shape index (κ2) is 17.4. The molecule has 0 atom stereocenters. The Kier molecular flexibility index (Phi) is 10.2. The van der Waals surface area contributed by atoms with Gasteiger partial charge in [-0.25, -0.2) is 0 Å². The molecule has 12 aromatic rings. The maximum Gasteiger partial charge on any atom is 0.0645 e. The van der Waals surface area contributed by atoms with E-state index >= 15 is 0 Å². The van der Waals surface area contributed by atoms with Gasteiger partial charge in [0, 0.05) is 81.9 Å². The monoisotopic (exact) mass is 878 g/mol. The summed E-state index contributed by atoms with van der Waals surface area (Å²) in [7, 11) is 0. The second-order valence-corrected chi connectivity index (χ2v) is 15.9. The Bertz CT molecular complexity index is 2980. The third-order valence-corrected chi connectivity index (χ3v) is 12.0. The zero-order valence-electron chi connectivity index (χ0n) is 36.3. The molecule has 12 nitrogen and oxygen atoms in total. The Hall–Kier alpha value is -9.68. The predicted octanol–water partition coefficient (Wildman–Crippen LogP) is 13.6. The number of nitrogens with zero attached hydrogens (tertiary/aromatic N) is 12. The molecule has 12 heteroatoms. The lowest BCUT2D eigenvalue weighted by Gasteiger charge is -2.34. The van der Waals surface area contributed by atoms with Gasteiger partial charge in [-0.05, 0) is 109 Å². The van der Waals surface area contributed by atoms with Crippen molar-refractivity contribution in [3.8, 4) is 0 Å². The van der Waals surface area contributed by atoms with Crippen LogP contribution in [-0.4, -0.2) is 39.9 Å². The van der Waals surface area contributed by atoms with E-state index in [9.17, 15) is 0 Å². The summed E-state index contributed by atoms with van der Waals surface area (Å²) in [4.78, 5) is 46.0. The molecule has 0 N–H and O–H groups in total. The first kappa shape index (κ1) is 39.9. The van der Waals surface area contributed by atoms with E-state index in [1.165, 1.54) is 0 Å². The standard InChI is InChI=1S/C56H38N12/c1-9-39(31-57-21-1)65(40-10-2-22-58-32-40)51-29-52(66(41-11-3-23-59-33-41)42-12-4-24-60-34-42)48-19-20-50-54(68(45-15-7-27-63-37-45)46-16-8-28-64-38-46)30-53(49-18-17-47(51)55(48)56(49)50)67(43-13-5-25-61-35-43)44-14-6-26-62-36-44/h1-38H. The van der Waals surface area contributed by atoms with Crippen molar-refractivity contribution in [3.05, 3.63) is 233 Å². The number of rotatable bonds is 12. The molecule has 0 aliphatic rings. The van der Waals surface area contributed by atoms with E-state index in [0.29, 0.717) is 0 Å². The van der Waals surface area contributed by atoms with Gasteiger partial charge in [0.15, 0.2) is 0 Å². The molecule has 0 radical (unpaired) electrons. The normalized spacial score (nSPS) is 11.2. The first-order chi connectivity index (χ1) is 33.8. The van der Waals surface area contributed by atoms with Crippen molar-refractivity contribution in [2.24, 2.45) is 0 Å². The molecular formula is C56H38N12. The van der Waals surface area contributed by atoms with Crippen molar-refractivity contribution >= 4 is 101 Å². The summed E-state index contributed by atoms with van der Waals surface area (Å²) in [6.07, 6.45) is 29.5. The molecule has 322 valence electrons. The van der Waals surface area contributed by atoms with Crippen molar-refractivity contribution in [2.45, 2.75) is 0 Å². The van der Waals surface area contributed by atoms with Crippen LogP contribution in [0.15, 0.2) is 233 Å². The predicted molar refractivity (Wildman–Crippen MR) is 271 cm³/mol. The summed E-state index contributed by atoms with van der Waals surface area (Å²) in [5, 5.41) is 6.14. The molecule has 0 amide bonds. The Morgan fingerprint density at radius 3 is 0.544 bits per heavy atom. The molecule has 8 heterocycles. The van der Waals surface area contributed by atoms with E-state index in [1.54, 1.807) is 49.6 Å². The summed E-state index contributed by atoms with van der Waals surface area (Å²) in [6.45, 7) is 0. The molecule has 0 saturated carbocycles. The number of anilines is 12. The average molecular weight is 879 g/mol. The largest absolute Gasteiger partial charge is 0.307 e. The topological polar surface area (TPSA) is 116 Å². The fraction of sp³-hybridized carbons (Fsp3) is 0. The fourth-order valence-corrected chi connectivity index (χ4v) is 9.26. The minimum atomic E-state index is 0.871. The maximum absolute atomic E-state index is 4.63. The van der Waals surface area contributed by atoms with Gasteiger partial charge in [0.1, 0.15) is 0 Å². The van der Waals surface area contributed by atoms with Crippen LogP contribution < -0.4 is 19.6 Å². The van der Waals surface area contributed by atoms with Gasteiger partial charge in [0.2, 0.25) is 0 Å². The van der Waals surface area contributed by atoms with Crippen LogP contribution in [0.25, 0.3) is 32.3 Å². The van der Waals surface area contributed by atoms with E-state index in [4.69, 9.17) is 0 Å². The van der Waals surface area contributed by atoms with Crippen LogP contribution in [0, 0.1) is 0 Å². The lowest BCUT2D eigenvalue weighted by molar-refractivity contribution is 1.19. The number of hydrogen-bond acceptors (Lipinski definition) is 12. The Morgan fingerprint density at radius 2 is 0.397 bits per heavy atom. The van der Waals surface area contributed by atoms with Crippen LogP contribution in [0.2, 0.25) is 0 Å². The van der Waals surface area contributed by atoms with Gasteiger partial charge < -0.3 is 19.6 Å². The van der Waals surface area contributed by atoms with Crippen LogP contribution >= 0.6 is 0 Å². The van der Waals surface area contributed by atoms with Crippen LogP contribution in [0.3, 0.4) is 0 Å². The highest BCUT2D eigenvalue weighted by Crippen LogP contribution is 2.54. The van der Waals surface area contributed by atoms with Crippen molar-refractivity contribution in [2.75, 3.05) is 19.6 Å². The zero-order valence-corrected chi connectivity index (χ0v) is 36.3. The summed E-state index contributed by atoms with van der Waals surface area (Å²) in [5.41, 5.74) is 10.6. The van der Waals surface area contributed by atoms with E-state index in [2.05, 4.69) is 144 Å². The minimum Gasteiger partial charge on any atom is -0.307 e. The van der Waals surface area contributed by atoms with Gasteiger partial charge in [-0.15, -0.1) is 0 Å². The molecule has 68 heavy (non-hydrogen) atoms. The molecule has 0 fully saturated rings. The lowest BCUT2D eigenvalue weighted by Crippen LogP contribution is -2.16. The van der Waals surface area contributed by atoms with Crippen molar-refractivity contribution in [3.63, 3.8) is 0 Å². The number of hydrogen-bond donors (Lipinski definition) is 0. The molecule has 0 bridgehead atoms. The number of aromatic nitrogens is 8. The van der Waals surface area contributed by atoms with Gasteiger partial charge in [-0.2, -0.15) is 0 Å². The highest BCUT2D eigenvalue weighted by atomic mass is 15.2. The molecule has 8 aromatic heterocycles. The van der Waals surface area contributed by atoms with Crippen LogP contribution in [0.4, 0.5) is 68.2 Å². The summed E-state index contributed by atoms with van der Waals surface area (Å²) in [6, 6.07) is 45.8. The summed E-state index contributed by atoms with van der Waals surface area (Å²) in [5.74, 6) is 0. The molecule has 0 unspecified atom stereocenters. The van der Waals surface area contributed by atoms with Gasteiger partial charge in [0.05, 0.1) is 118 Å². The van der Waals surface area contributed by atoms with Crippen LogP contribution in [0.5, 0.6) is 0 Å². The Morgan fingerprint density at radius 1 is 0.221 bits per heavy atom. The van der Waals surface area contributed by atoms with Crippen molar-refractivity contribution in [1.29, 1.82) is 0 Å². The van der Waals surface area contributed by atoms with E-state index < -0.39 is 0 Å². The lowest BCUT2D eigenvalue weighted by atomic mass is 9.89. The van der Waals surface area contributed by atoms with Crippen LogP contribution in [0.1, 0.15) is 0 Å². The Labute approximate surface area is 391 Å². The quantitative estimate of drug-likeness (QED) is 0.109. The van der Waals surface area contributed by atoms with E-state index in [0.717, 1.165) is 101 Å². The average Bonchev–Trinajstić information content (AvgIpc) is 3.42. The van der Waals surface area contributed by atoms with Gasteiger partial charge >= 0.3 is 0 Å². The highest BCUT2D eigenvalue weighted by Gasteiger charge is 2.29. The SMILES string of the molecule is c1cncc(N(c2cccnc2)c2cc(N(c3cccnc3)c3cccnc3)c3ccc4c(N(c5cccnc5)c5cccnc5)cc(N(c5cccnc5)c5cccnc5)c5ccc2c3c54)c1. The number of benzene rings is 4. The van der Waals surface area contributed by atoms with Gasteiger partial charge in [-0.3, -0.25) is 39.9 Å². The van der Waals surface area contributed by atoms with E-state index in [1.807, 2.05) is 98.1 Å². The highest BCUT2D eigenvalue weighted by molar-refractivity contribution is 6.33. The first-order valence-electron chi connectivity index (χ1n) is 22.0. The minimum absolute atomic E-state index is 0.871. The smallest absolute Gasteiger partial charge is 0.0645 e. The third kappa shape index (κ3) is 7.05. The second-order valence-electron chi connectivity index (χ2n) is 15.9. The van der Waals surface area contributed by atoms with Crippen LogP contribution in [-0.2, 0) is 0 Å². The summed E-state index contributed by atoms with van der Waals surface area (Å²) < 4.78 is 0.